The first-order valence-electron chi connectivity index (χ1n) is 4.68. The van der Waals surface area contributed by atoms with Gasteiger partial charge in [-0.1, -0.05) is 20.8 Å². The zero-order valence-electron chi connectivity index (χ0n) is 8.76. The van der Waals surface area contributed by atoms with Gasteiger partial charge in [-0.3, -0.25) is 0 Å². The predicted octanol–water partition coefficient (Wildman–Crippen LogP) is 2.54. The highest BCUT2D eigenvalue weighted by Crippen LogP contribution is 2.55. The Morgan fingerprint density at radius 1 is 1.25 bits per heavy atom. The average molecular weight is 188 g/mol. The van der Waals surface area contributed by atoms with Crippen LogP contribution in [0.3, 0.4) is 0 Å². The molecule has 0 radical (unpaired) electrons. The molecule has 0 aromatic heterocycles. The molecule has 1 fully saturated rings. The fraction of sp³-hybridized carbons (Fsp3) is 1.00. The van der Waals surface area contributed by atoms with Crippen molar-refractivity contribution in [2.24, 2.45) is 5.92 Å². The van der Waals surface area contributed by atoms with Gasteiger partial charge in [0.05, 0.1) is 0 Å². The van der Waals surface area contributed by atoms with Gasteiger partial charge >= 0.3 is 8.56 Å². The lowest BCUT2D eigenvalue weighted by molar-refractivity contribution is 0.229. The van der Waals surface area contributed by atoms with Gasteiger partial charge in [0, 0.05) is 19.8 Å². The second-order valence-electron chi connectivity index (χ2n) is 4.10. The molecule has 1 rings (SSSR count). The standard InChI is InChI=1S/C9H20O2Si/c1-7(2)12(10-4,11-5)9-6-8(9)3/h7-9H,6H2,1-5H3. The summed E-state index contributed by atoms with van der Waals surface area (Å²) in [5.41, 5.74) is 1.29. The van der Waals surface area contributed by atoms with Crippen molar-refractivity contribution in [3.63, 3.8) is 0 Å². The van der Waals surface area contributed by atoms with Gasteiger partial charge in [0.25, 0.3) is 0 Å². The first kappa shape index (κ1) is 10.2. The Hall–Kier alpha value is 0.137. The van der Waals surface area contributed by atoms with E-state index in [0.29, 0.717) is 5.54 Å². The normalized spacial score (nSPS) is 29.5. The van der Waals surface area contributed by atoms with Crippen LogP contribution in [0.4, 0.5) is 0 Å². The van der Waals surface area contributed by atoms with E-state index in [0.717, 1.165) is 11.5 Å². The second kappa shape index (κ2) is 3.48. The van der Waals surface area contributed by atoms with E-state index in [4.69, 9.17) is 8.85 Å². The van der Waals surface area contributed by atoms with E-state index in [1.165, 1.54) is 6.42 Å². The maximum Gasteiger partial charge on any atom is 0.343 e. The van der Waals surface area contributed by atoms with Crippen LogP contribution >= 0.6 is 0 Å². The molecular weight excluding hydrogens is 168 g/mol. The lowest BCUT2D eigenvalue weighted by atomic mass is 10.5. The Balaban J connectivity index is 2.70. The molecule has 0 saturated heterocycles. The highest BCUT2D eigenvalue weighted by molar-refractivity contribution is 6.71. The number of hydrogen-bond donors (Lipinski definition) is 0. The maximum atomic E-state index is 5.66. The number of rotatable bonds is 4. The summed E-state index contributed by atoms with van der Waals surface area (Å²) in [4.78, 5) is 0. The topological polar surface area (TPSA) is 18.5 Å². The first-order valence-corrected chi connectivity index (χ1v) is 6.66. The summed E-state index contributed by atoms with van der Waals surface area (Å²) in [6.07, 6.45) is 1.30. The molecule has 12 heavy (non-hydrogen) atoms. The van der Waals surface area contributed by atoms with Crippen LogP contribution < -0.4 is 0 Å². The van der Waals surface area contributed by atoms with Gasteiger partial charge in [-0.2, -0.15) is 0 Å². The van der Waals surface area contributed by atoms with Gasteiger partial charge in [-0.05, 0) is 17.9 Å². The summed E-state index contributed by atoms with van der Waals surface area (Å²) < 4.78 is 11.3. The molecule has 0 heterocycles. The van der Waals surface area contributed by atoms with E-state index in [2.05, 4.69) is 20.8 Å². The van der Waals surface area contributed by atoms with Crippen molar-refractivity contribution in [1.82, 2.24) is 0 Å². The van der Waals surface area contributed by atoms with E-state index in [1.54, 1.807) is 14.2 Å². The van der Waals surface area contributed by atoms with Crippen molar-refractivity contribution in [2.75, 3.05) is 14.2 Å². The quantitative estimate of drug-likeness (QED) is 0.631. The van der Waals surface area contributed by atoms with Crippen LogP contribution in [0, 0.1) is 5.92 Å². The SMILES string of the molecule is CO[Si](OC)(C(C)C)C1CC1C. The van der Waals surface area contributed by atoms with Crippen molar-refractivity contribution in [2.45, 2.75) is 38.3 Å². The zero-order valence-corrected chi connectivity index (χ0v) is 9.76. The summed E-state index contributed by atoms with van der Waals surface area (Å²) in [5, 5.41) is 0. The van der Waals surface area contributed by atoms with Crippen LogP contribution in [-0.4, -0.2) is 22.8 Å². The summed E-state index contributed by atoms with van der Waals surface area (Å²) in [7, 11) is 1.76. The maximum absolute atomic E-state index is 5.66. The Morgan fingerprint density at radius 3 is 1.75 bits per heavy atom. The summed E-state index contributed by atoms with van der Waals surface area (Å²) in [5.74, 6) is 0.818. The minimum absolute atomic E-state index is 0.558. The molecule has 0 N–H and O–H groups in total. The molecule has 72 valence electrons. The molecular formula is C9H20O2Si. The second-order valence-corrected chi connectivity index (χ2v) is 8.26. The van der Waals surface area contributed by atoms with Crippen LogP contribution in [0.2, 0.25) is 11.1 Å². The van der Waals surface area contributed by atoms with Crippen molar-refractivity contribution in [3.8, 4) is 0 Å². The lowest BCUT2D eigenvalue weighted by Gasteiger charge is -2.31. The molecule has 2 atom stereocenters. The van der Waals surface area contributed by atoms with E-state index < -0.39 is 8.56 Å². The highest BCUT2D eigenvalue weighted by Gasteiger charge is 2.57. The zero-order chi connectivity index (χ0) is 9.35. The molecule has 0 aliphatic heterocycles. The van der Waals surface area contributed by atoms with E-state index in [-0.39, 0.29) is 0 Å². The molecule has 2 nitrogen and oxygen atoms in total. The van der Waals surface area contributed by atoms with E-state index in [9.17, 15) is 0 Å². The van der Waals surface area contributed by atoms with Crippen LogP contribution in [-0.2, 0) is 8.85 Å². The van der Waals surface area contributed by atoms with Gasteiger partial charge in [0.2, 0.25) is 0 Å². The third-order valence-corrected chi connectivity index (χ3v) is 7.79. The number of hydrogen-bond acceptors (Lipinski definition) is 2. The highest BCUT2D eigenvalue weighted by atomic mass is 28.4. The average Bonchev–Trinajstić information content (AvgIpc) is 2.71. The molecule has 0 aromatic carbocycles. The molecule has 3 heteroatoms. The Morgan fingerprint density at radius 2 is 1.67 bits per heavy atom. The lowest BCUT2D eigenvalue weighted by Crippen LogP contribution is -2.44. The fourth-order valence-corrected chi connectivity index (χ4v) is 6.23. The van der Waals surface area contributed by atoms with Gasteiger partial charge in [-0.25, -0.2) is 0 Å². The van der Waals surface area contributed by atoms with Crippen LogP contribution in [0.25, 0.3) is 0 Å². The third-order valence-electron chi connectivity index (χ3n) is 3.07. The smallest absolute Gasteiger partial charge is 0.343 e. The van der Waals surface area contributed by atoms with Crippen LogP contribution in [0.5, 0.6) is 0 Å². The van der Waals surface area contributed by atoms with Crippen molar-refractivity contribution >= 4 is 8.56 Å². The predicted molar refractivity (Wildman–Crippen MR) is 52.4 cm³/mol. The van der Waals surface area contributed by atoms with Gasteiger partial charge in [0.15, 0.2) is 0 Å². The van der Waals surface area contributed by atoms with Crippen LogP contribution in [0.15, 0.2) is 0 Å². The molecule has 0 bridgehead atoms. The molecule has 1 saturated carbocycles. The molecule has 0 spiro atoms. The Bertz CT molecular complexity index is 155. The van der Waals surface area contributed by atoms with Gasteiger partial charge in [-0.15, -0.1) is 0 Å². The van der Waals surface area contributed by atoms with Crippen molar-refractivity contribution in [1.29, 1.82) is 0 Å². The van der Waals surface area contributed by atoms with Crippen molar-refractivity contribution < 1.29 is 8.85 Å². The summed E-state index contributed by atoms with van der Waals surface area (Å²) in [6, 6.07) is 0. The summed E-state index contributed by atoms with van der Waals surface area (Å²) >= 11 is 0. The van der Waals surface area contributed by atoms with Gasteiger partial charge < -0.3 is 8.85 Å². The molecule has 2 unspecified atom stereocenters. The molecule has 1 aliphatic rings. The minimum Gasteiger partial charge on any atom is -0.397 e. The van der Waals surface area contributed by atoms with Gasteiger partial charge in [0.1, 0.15) is 0 Å². The van der Waals surface area contributed by atoms with Crippen LogP contribution in [0.1, 0.15) is 27.2 Å². The minimum atomic E-state index is -1.85. The monoisotopic (exact) mass is 188 g/mol. The Labute approximate surface area is 76.5 Å². The van der Waals surface area contributed by atoms with E-state index >= 15 is 0 Å². The molecule has 0 aromatic rings. The van der Waals surface area contributed by atoms with E-state index in [1.807, 2.05) is 0 Å². The largest absolute Gasteiger partial charge is 0.397 e. The first-order chi connectivity index (χ1) is 5.58. The fourth-order valence-electron chi connectivity index (χ4n) is 2.17. The molecule has 1 aliphatic carbocycles. The van der Waals surface area contributed by atoms with Crippen molar-refractivity contribution in [3.05, 3.63) is 0 Å². The molecule has 0 amide bonds. The Kier molecular flexibility index (Phi) is 2.96. The summed E-state index contributed by atoms with van der Waals surface area (Å²) in [6.45, 7) is 6.71. The third kappa shape index (κ3) is 1.45.